The Hall–Kier alpha value is -1.81. The minimum atomic E-state index is 0.703. The highest BCUT2D eigenvalue weighted by Gasteiger charge is 1.92. The molecule has 2 rings (SSSR count). The Morgan fingerprint density at radius 1 is 1.17 bits per heavy atom. The SMILES string of the molecule is c1ccc(OCCNCCCn2ccnc2)cc1. The van der Waals surface area contributed by atoms with Crippen molar-refractivity contribution >= 4 is 0 Å². The van der Waals surface area contributed by atoms with Gasteiger partial charge in [-0.15, -0.1) is 0 Å². The zero-order chi connectivity index (χ0) is 12.5. The number of nitrogens with zero attached hydrogens (tertiary/aromatic N) is 2. The first-order valence-electron chi connectivity index (χ1n) is 6.29. The zero-order valence-corrected chi connectivity index (χ0v) is 10.5. The Kier molecular flexibility index (Phi) is 5.27. The molecule has 0 radical (unpaired) electrons. The minimum absolute atomic E-state index is 0.703. The summed E-state index contributed by atoms with van der Waals surface area (Å²) in [7, 11) is 0. The predicted octanol–water partition coefficient (Wildman–Crippen LogP) is 1.94. The minimum Gasteiger partial charge on any atom is -0.492 e. The molecule has 0 aliphatic carbocycles. The van der Waals surface area contributed by atoms with E-state index in [-0.39, 0.29) is 0 Å². The normalized spacial score (nSPS) is 10.4. The maximum atomic E-state index is 5.58. The molecule has 1 heterocycles. The first-order valence-corrected chi connectivity index (χ1v) is 6.29. The molecule has 18 heavy (non-hydrogen) atoms. The molecule has 0 saturated heterocycles. The monoisotopic (exact) mass is 245 g/mol. The van der Waals surface area contributed by atoms with Crippen LogP contribution in [0, 0.1) is 0 Å². The van der Waals surface area contributed by atoms with Gasteiger partial charge in [0.15, 0.2) is 0 Å². The van der Waals surface area contributed by atoms with Crippen LogP contribution < -0.4 is 10.1 Å². The van der Waals surface area contributed by atoms with E-state index in [1.807, 2.05) is 42.9 Å². The summed E-state index contributed by atoms with van der Waals surface area (Å²) in [6.45, 7) is 3.58. The van der Waals surface area contributed by atoms with Crippen molar-refractivity contribution in [1.29, 1.82) is 0 Å². The Morgan fingerprint density at radius 3 is 2.83 bits per heavy atom. The quantitative estimate of drug-likeness (QED) is 0.722. The summed E-state index contributed by atoms with van der Waals surface area (Å²) in [5, 5.41) is 3.36. The van der Waals surface area contributed by atoms with E-state index in [1.165, 1.54) is 0 Å². The molecule has 0 fully saturated rings. The van der Waals surface area contributed by atoms with Crippen LogP contribution in [-0.2, 0) is 6.54 Å². The molecule has 0 unspecified atom stereocenters. The second-order valence-electron chi connectivity index (χ2n) is 4.07. The number of hydrogen-bond donors (Lipinski definition) is 1. The van der Waals surface area contributed by atoms with E-state index < -0.39 is 0 Å². The van der Waals surface area contributed by atoms with Gasteiger partial charge in [-0.3, -0.25) is 0 Å². The summed E-state index contributed by atoms with van der Waals surface area (Å²) in [6.07, 6.45) is 6.74. The molecular weight excluding hydrogens is 226 g/mol. The summed E-state index contributed by atoms with van der Waals surface area (Å²) in [5.41, 5.74) is 0. The average molecular weight is 245 g/mol. The summed E-state index contributed by atoms with van der Waals surface area (Å²) >= 11 is 0. The van der Waals surface area contributed by atoms with Gasteiger partial charge in [-0.2, -0.15) is 0 Å². The molecule has 2 aromatic rings. The number of aryl methyl sites for hydroxylation is 1. The Morgan fingerprint density at radius 2 is 2.06 bits per heavy atom. The smallest absolute Gasteiger partial charge is 0.119 e. The van der Waals surface area contributed by atoms with Crippen LogP contribution in [-0.4, -0.2) is 29.2 Å². The standard InChI is InChI=1S/C14H19N3O/c1-2-5-14(6-3-1)18-12-9-15-7-4-10-17-11-8-16-13-17/h1-3,5-6,8,11,13,15H,4,7,9-10,12H2. The van der Waals surface area contributed by atoms with E-state index in [1.54, 1.807) is 6.20 Å². The van der Waals surface area contributed by atoms with Gasteiger partial charge >= 0.3 is 0 Å². The molecular formula is C14H19N3O. The van der Waals surface area contributed by atoms with Gasteiger partial charge in [0.2, 0.25) is 0 Å². The third-order valence-electron chi connectivity index (χ3n) is 2.62. The molecule has 0 atom stereocenters. The topological polar surface area (TPSA) is 39.1 Å². The van der Waals surface area contributed by atoms with Gasteiger partial charge < -0.3 is 14.6 Å². The lowest BCUT2D eigenvalue weighted by atomic mass is 10.3. The lowest BCUT2D eigenvalue weighted by molar-refractivity contribution is 0.313. The van der Waals surface area contributed by atoms with Crippen molar-refractivity contribution in [2.75, 3.05) is 19.7 Å². The van der Waals surface area contributed by atoms with Gasteiger partial charge in [-0.05, 0) is 25.1 Å². The lowest BCUT2D eigenvalue weighted by Crippen LogP contribution is -2.22. The van der Waals surface area contributed by atoms with E-state index in [2.05, 4.69) is 14.9 Å². The molecule has 4 nitrogen and oxygen atoms in total. The summed E-state index contributed by atoms with van der Waals surface area (Å²) in [4.78, 5) is 4.01. The van der Waals surface area contributed by atoms with E-state index >= 15 is 0 Å². The van der Waals surface area contributed by atoms with Crippen molar-refractivity contribution in [1.82, 2.24) is 14.9 Å². The number of hydrogen-bond acceptors (Lipinski definition) is 3. The van der Waals surface area contributed by atoms with Crippen molar-refractivity contribution in [3.05, 3.63) is 49.1 Å². The van der Waals surface area contributed by atoms with Crippen LogP contribution in [0.15, 0.2) is 49.1 Å². The Bertz CT molecular complexity index is 414. The van der Waals surface area contributed by atoms with Gasteiger partial charge in [-0.1, -0.05) is 18.2 Å². The largest absolute Gasteiger partial charge is 0.492 e. The van der Waals surface area contributed by atoms with Crippen molar-refractivity contribution in [3.63, 3.8) is 0 Å². The number of nitrogens with one attached hydrogen (secondary N) is 1. The highest BCUT2D eigenvalue weighted by Crippen LogP contribution is 2.07. The second kappa shape index (κ2) is 7.50. The molecule has 0 spiro atoms. The molecule has 0 amide bonds. The fraction of sp³-hybridized carbons (Fsp3) is 0.357. The number of ether oxygens (including phenoxy) is 1. The van der Waals surface area contributed by atoms with Crippen LogP contribution in [0.3, 0.4) is 0 Å². The maximum absolute atomic E-state index is 5.58. The fourth-order valence-electron chi connectivity index (χ4n) is 1.69. The van der Waals surface area contributed by atoms with Crippen LogP contribution in [0.25, 0.3) is 0 Å². The number of imidazole rings is 1. The lowest BCUT2D eigenvalue weighted by Gasteiger charge is -2.07. The van der Waals surface area contributed by atoms with Gasteiger partial charge in [0, 0.05) is 25.5 Å². The van der Waals surface area contributed by atoms with Crippen LogP contribution >= 0.6 is 0 Å². The van der Waals surface area contributed by atoms with Gasteiger partial charge in [0.05, 0.1) is 6.33 Å². The third kappa shape index (κ3) is 4.59. The van der Waals surface area contributed by atoms with Crippen molar-refractivity contribution in [3.8, 4) is 5.75 Å². The van der Waals surface area contributed by atoms with Crippen LogP contribution in [0.1, 0.15) is 6.42 Å². The van der Waals surface area contributed by atoms with E-state index in [9.17, 15) is 0 Å². The second-order valence-corrected chi connectivity index (χ2v) is 4.07. The van der Waals surface area contributed by atoms with Crippen LogP contribution in [0.4, 0.5) is 0 Å². The molecule has 1 aromatic heterocycles. The molecule has 1 aromatic carbocycles. The first kappa shape index (κ1) is 12.6. The molecule has 0 aliphatic rings. The summed E-state index contributed by atoms with van der Waals surface area (Å²) in [6, 6.07) is 9.89. The average Bonchev–Trinajstić information content (AvgIpc) is 2.92. The highest BCUT2D eigenvalue weighted by molar-refractivity contribution is 5.20. The van der Waals surface area contributed by atoms with Gasteiger partial charge in [0.25, 0.3) is 0 Å². The number of rotatable bonds is 8. The van der Waals surface area contributed by atoms with Gasteiger partial charge in [0.1, 0.15) is 12.4 Å². The van der Waals surface area contributed by atoms with Crippen molar-refractivity contribution < 1.29 is 4.74 Å². The molecule has 96 valence electrons. The zero-order valence-electron chi connectivity index (χ0n) is 10.5. The van der Waals surface area contributed by atoms with Crippen molar-refractivity contribution in [2.24, 2.45) is 0 Å². The molecule has 1 N–H and O–H groups in total. The molecule has 0 aliphatic heterocycles. The Balaban J connectivity index is 1.47. The van der Waals surface area contributed by atoms with E-state index in [4.69, 9.17) is 4.74 Å². The van der Waals surface area contributed by atoms with E-state index in [0.717, 1.165) is 31.8 Å². The summed E-state index contributed by atoms with van der Waals surface area (Å²) in [5.74, 6) is 0.928. The Labute approximate surface area is 108 Å². The third-order valence-corrected chi connectivity index (χ3v) is 2.62. The molecule has 0 bridgehead atoms. The molecule has 4 heteroatoms. The van der Waals surface area contributed by atoms with Crippen molar-refractivity contribution in [2.45, 2.75) is 13.0 Å². The highest BCUT2D eigenvalue weighted by atomic mass is 16.5. The van der Waals surface area contributed by atoms with Gasteiger partial charge in [-0.25, -0.2) is 4.98 Å². The van der Waals surface area contributed by atoms with Crippen LogP contribution in [0.2, 0.25) is 0 Å². The fourth-order valence-corrected chi connectivity index (χ4v) is 1.69. The number of benzene rings is 1. The first-order chi connectivity index (χ1) is 8.95. The number of aromatic nitrogens is 2. The predicted molar refractivity (Wildman–Crippen MR) is 71.7 cm³/mol. The molecule has 0 saturated carbocycles. The summed E-state index contributed by atoms with van der Waals surface area (Å²) < 4.78 is 7.67. The number of para-hydroxylation sites is 1. The van der Waals surface area contributed by atoms with E-state index in [0.29, 0.717) is 6.61 Å². The van der Waals surface area contributed by atoms with Crippen LogP contribution in [0.5, 0.6) is 5.75 Å². The maximum Gasteiger partial charge on any atom is 0.119 e.